The van der Waals surface area contributed by atoms with Crippen LogP contribution in [0.15, 0.2) is 85.1 Å². The minimum Gasteiger partial charge on any atom is -0.545 e. The molecule has 1 atom stereocenters. The molecule has 0 radical (unpaired) electrons. The number of nitrogen functional groups attached to an aromatic ring is 1. The van der Waals surface area contributed by atoms with Crippen LogP contribution in [0, 0.1) is 0 Å². The van der Waals surface area contributed by atoms with E-state index in [9.17, 15) is 4.79 Å². The van der Waals surface area contributed by atoms with Crippen LogP contribution in [0.1, 0.15) is 48.7 Å². The number of anilines is 1. The Morgan fingerprint density at radius 1 is 1.00 bits per heavy atom. The highest BCUT2D eigenvalue weighted by Crippen LogP contribution is 2.40. The van der Waals surface area contributed by atoms with Gasteiger partial charge < -0.3 is 29.3 Å². The minimum absolute atomic E-state index is 0.0324. The van der Waals surface area contributed by atoms with Gasteiger partial charge in [0.05, 0.1) is 25.5 Å². The fourth-order valence-electron chi connectivity index (χ4n) is 4.75. The number of nitrogens with two attached hydrogens (primary N) is 1. The highest BCUT2D eigenvalue weighted by atomic mass is 28.4. The summed E-state index contributed by atoms with van der Waals surface area (Å²) < 4.78 is 23.7. The molecule has 0 aromatic heterocycles. The van der Waals surface area contributed by atoms with Gasteiger partial charge in [0, 0.05) is 18.3 Å². The van der Waals surface area contributed by atoms with Crippen LogP contribution in [0.5, 0.6) is 17.2 Å². The molecule has 1 amide bonds. The predicted octanol–water partition coefficient (Wildman–Crippen LogP) is 7.70. The lowest BCUT2D eigenvalue weighted by molar-refractivity contribution is 0.0705. The summed E-state index contributed by atoms with van der Waals surface area (Å²) in [4.78, 5) is 16.0. The fourth-order valence-corrected chi connectivity index (χ4v) is 5.83. The average Bonchev–Trinajstić information content (AvgIpc) is 2.99. The van der Waals surface area contributed by atoms with Crippen LogP contribution in [0.4, 0.5) is 5.69 Å². The van der Waals surface area contributed by atoms with Gasteiger partial charge in [0.2, 0.25) is 8.32 Å². The van der Waals surface area contributed by atoms with Crippen molar-refractivity contribution in [2.45, 2.75) is 58.0 Å². The summed E-state index contributed by atoms with van der Waals surface area (Å²) in [6, 6.07) is 20.6. The quantitative estimate of drug-likeness (QED) is 0.146. The summed E-state index contributed by atoms with van der Waals surface area (Å²) in [5.74, 6) is 2.04. The molecule has 43 heavy (non-hydrogen) atoms. The Morgan fingerprint density at radius 2 is 1.67 bits per heavy atom. The Bertz CT molecular complexity index is 1480. The summed E-state index contributed by atoms with van der Waals surface area (Å²) in [5, 5.41) is -0.0324. The smallest absolute Gasteiger partial charge is 0.256 e. The third kappa shape index (κ3) is 7.25. The van der Waals surface area contributed by atoms with Gasteiger partial charge in [-0.25, -0.2) is 0 Å². The van der Waals surface area contributed by atoms with Crippen molar-refractivity contribution in [2.24, 2.45) is 0 Å². The SMILES string of the molecule is C=C(O[Si](C)(C)C(C)(C)C)[C@@H]1C=C(c2ccc(OC)cc2)CCN1C(=O)c1cc(OC)c(OCc2ccccc2)cc1N. The number of benzene rings is 3. The second-order valence-corrected chi connectivity index (χ2v) is 17.0. The van der Waals surface area contributed by atoms with Crippen molar-refractivity contribution in [2.75, 3.05) is 26.5 Å². The second-order valence-electron chi connectivity index (χ2n) is 12.3. The molecule has 3 aromatic carbocycles. The van der Waals surface area contributed by atoms with Gasteiger partial charge >= 0.3 is 0 Å². The van der Waals surface area contributed by atoms with Crippen LogP contribution >= 0.6 is 0 Å². The molecule has 8 heteroatoms. The van der Waals surface area contributed by atoms with Crippen molar-refractivity contribution < 1.29 is 23.4 Å². The highest BCUT2D eigenvalue weighted by molar-refractivity contribution is 6.74. The molecule has 228 valence electrons. The molecule has 0 saturated heterocycles. The molecular formula is C35H44N2O5Si. The Balaban J connectivity index is 1.67. The Morgan fingerprint density at radius 3 is 2.28 bits per heavy atom. The van der Waals surface area contributed by atoms with Gasteiger partial charge in [-0.15, -0.1) is 0 Å². The number of methoxy groups -OCH3 is 2. The number of hydrogen-bond acceptors (Lipinski definition) is 6. The van der Waals surface area contributed by atoms with Gasteiger partial charge in [-0.05, 0) is 59.5 Å². The van der Waals surface area contributed by atoms with E-state index in [4.69, 9.17) is 24.4 Å². The number of carbonyl (C=O) groups excluding carboxylic acids is 1. The van der Waals surface area contributed by atoms with Crippen molar-refractivity contribution in [1.29, 1.82) is 0 Å². The molecule has 4 rings (SSSR count). The minimum atomic E-state index is -2.22. The van der Waals surface area contributed by atoms with Gasteiger partial charge in [-0.3, -0.25) is 4.79 Å². The maximum absolute atomic E-state index is 14.2. The van der Waals surface area contributed by atoms with Crippen LogP contribution in [0.25, 0.3) is 5.57 Å². The second kappa shape index (κ2) is 13.0. The third-order valence-corrected chi connectivity index (χ3v) is 12.7. The maximum atomic E-state index is 14.2. The molecule has 0 spiro atoms. The maximum Gasteiger partial charge on any atom is 0.256 e. The molecule has 1 heterocycles. The Kier molecular flexibility index (Phi) is 9.60. The van der Waals surface area contributed by atoms with Crippen molar-refractivity contribution in [1.82, 2.24) is 4.90 Å². The molecule has 0 bridgehead atoms. The van der Waals surface area contributed by atoms with Crippen molar-refractivity contribution in [3.8, 4) is 17.2 Å². The van der Waals surface area contributed by atoms with E-state index in [1.807, 2.05) is 54.6 Å². The highest BCUT2D eigenvalue weighted by Gasteiger charge is 2.41. The first-order valence-corrected chi connectivity index (χ1v) is 17.4. The molecule has 0 fully saturated rings. The first-order chi connectivity index (χ1) is 20.3. The van der Waals surface area contributed by atoms with E-state index in [0.717, 1.165) is 22.4 Å². The summed E-state index contributed by atoms with van der Waals surface area (Å²) in [6.45, 7) is 16.1. The lowest BCUT2D eigenvalue weighted by Crippen LogP contribution is -2.47. The fraction of sp³-hybridized carbons (Fsp3) is 0.343. The molecule has 2 N–H and O–H groups in total. The summed E-state index contributed by atoms with van der Waals surface area (Å²) in [5.41, 5.74) is 10.3. The van der Waals surface area contributed by atoms with Crippen LogP contribution in [-0.4, -0.2) is 45.9 Å². The van der Waals surface area contributed by atoms with E-state index < -0.39 is 14.4 Å². The molecule has 1 aliphatic rings. The summed E-state index contributed by atoms with van der Waals surface area (Å²) in [6.07, 6.45) is 2.75. The van der Waals surface area contributed by atoms with Crippen LogP contribution < -0.4 is 19.9 Å². The topological polar surface area (TPSA) is 83.2 Å². The lowest BCUT2D eigenvalue weighted by Gasteiger charge is -2.42. The van der Waals surface area contributed by atoms with Crippen LogP contribution in [0.2, 0.25) is 18.1 Å². The monoisotopic (exact) mass is 600 g/mol. The van der Waals surface area contributed by atoms with E-state index in [1.54, 1.807) is 31.3 Å². The van der Waals surface area contributed by atoms with E-state index in [0.29, 0.717) is 48.1 Å². The van der Waals surface area contributed by atoms with Gasteiger partial charge in [0.15, 0.2) is 11.5 Å². The number of nitrogens with zero attached hydrogens (tertiary/aromatic N) is 1. The number of carbonyl (C=O) groups is 1. The van der Waals surface area contributed by atoms with E-state index in [1.165, 1.54) is 0 Å². The molecular weight excluding hydrogens is 556 g/mol. The molecule has 0 saturated carbocycles. The van der Waals surface area contributed by atoms with E-state index >= 15 is 0 Å². The van der Waals surface area contributed by atoms with Crippen molar-refractivity contribution >= 4 is 25.5 Å². The van der Waals surface area contributed by atoms with Crippen molar-refractivity contribution in [3.05, 3.63) is 102 Å². The lowest BCUT2D eigenvalue weighted by atomic mass is 9.94. The Labute approximate surface area is 257 Å². The first-order valence-electron chi connectivity index (χ1n) is 14.5. The molecule has 7 nitrogen and oxygen atoms in total. The zero-order chi connectivity index (χ0) is 31.4. The van der Waals surface area contributed by atoms with E-state index in [2.05, 4.69) is 46.5 Å². The standard InChI is InChI=1S/C35H44N2O5Si/c1-24(42-43(7,8)35(2,3)4)31-20-27(26-14-16-28(39-5)17-15-26)18-19-37(31)34(38)29-21-32(40-6)33(22-30(29)36)41-23-25-12-10-9-11-13-25/h9-17,20-22,31H,1,18-19,23,36H2,2-8H3/t31-/m0/s1. The third-order valence-electron chi connectivity index (χ3n) is 8.36. The number of ether oxygens (including phenoxy) is 3. The van der Waals surface area contributed by atoms with Gasteiger partial charge in [-0.1, -0.05) is 75.9 Å². The van der Waals surface area contributed by atoms with Crippen LogP contribution in [-0.2, 0) is 11.0 Å². The summed E-state index contributed by atoms with van der Waals surface area (Å²) >= 11 is 0. The number of rotatable bonds is 10. The first kappa shape index (κ1) is 31.8. The molecule has 1 aliphatic heterocycles. The van der Waals surface area contributed by atoms with Gasteiger partial charge in [0.1, 0.15) is 18.4 Å². The predicted molar refractivity (Wildman–Crippen MR) is 176 cm³/mol. The molecule has 0 aliphatic carbocycles. The van der Waals surface area contributed by atoms with Crippen LogP contribution in [0.3, 0.4) is 0 Å². The number of amides is 1. The zero-order valence-electron chi connectivity index (χ0n) is 26.4. The Hall–Kier alpha value is -4.17. The normalized spacial score (nSPS) is 15.4. The van der Waals surface area contributed by atoms with Gasteiger partial charge in [-0.2, -0.15) is 0 Å². The van der Waals surface area contributed by atoms with Gasteiger partial charge in [0.25, 0.3) is 5.91 Å². The zero-order valence-corrected chi connectivity index (χ0v) is 27.4. The van der Waals surface area contributed by atoms with Crippen molar-refractivity contribution in [3.63, 3.8) is 0 Å². The molecule has 0 unspecified atom stereocenters. The number of hydrogen-bond donors (Lipinski definition) is 1. The van der Waals surface area contributed by atoms with E-state index in [-0.39, 0.29) is 10.9 Å². The average molecular weight is 601 g/mol. The summed E-state index contributed by atoms with van der Waals surface area (Å²) in [7, 11) is 0.981. The largest absolute Gasteiger partial charge is 0.545 e. The molecule has 3 aromatic rings.